The van der Waals surface area contributed by atoms with Crippen molar-refractivity contribution < 1.29 is 40.6 Å². The zero-order valence-corrected chi connectivity index (χ0v) is 13.9. The second-order valence-corrected chi connectivity index (χ2v) is 5.79. The Morgan fingerprint density at radius 1 is 0.893 bits per heavy atom. The molecule has 148 valence electrons. The fraction of sp³-hybridized carbons (Fsp3) is 0.167. The number of ether oxygens (including phenoxy) is 1. The van der Waals surface area contributed by atoms with Crippen LogP contribution in [-0.4, -0.2) is 12.2 Å². The van der Waals surface area contributed by atoms with Crippen molar-refractivity contribution in [1.29, 1.82) is 0 Å². The SMILES string of the molecule is COc1cc(O)cc2oc(-c3cc(C(F)(F)F)cc(C(F)(F)F)c3)cc(=O)c12. The summed E-state index contributed by atoms with van der Waals surface area (Å²) >= 11 is 0. The molecule has 0 aliphatic heterocycles. The number of alkyl halides is 6. The first kappa shape index (κ1) is 19.6. The number of fused-ring (bicyclic) bond motifs is 1. The standard InChI is InChI=1S/C18H10F6O4/c1-27-14-5-11(25)6-15-16(14)12(26)7-13(28-15)8-2-9(17(19,20)21)4-10(3-8)18(22,23)24/h2-7,25H,1H3. The quantitative estimate of drug-likeness (QED) is 0.596. The number of hydrogen-bond acceptors (Lipinski definition) is 4. The van der Waals surface area contributed by atoms with Crippen molar-refractivity contribution in [3.63, 3.8) is 0 Å². The van der Waals surface area contributed by atoms with E-state index in [1.165, 1.54) is 7.11 Å². The highest BCUT2D eigenvalue weighted by Crippen LogP contribution is 2.39. The second kappa shape index (κ2) is 6.47. The van der Waals surface area contributed by atoms with E-state index in [9.17, 15) is 36.2 Å². The lowest BCUT2D eigenvalue weighted by atomic mass is 10.0. The van der Waals surface area contributed by atoms with Crippen LogP contribution in [0.1, 0.15) is 11.1 Å². The zero-order valence-electron chi connectivity index (χ0n) is 13.9. The summed E-state index contributed by atoms with van der Waals surface area (Å²) < 4.78 is 88.4. The molecule has 3 rings (SSSR count). The van der Waals surface area contributed by atoms with Gasteiger partial charge in [-0.2, -0.15) is 26.3 Å². The Bertz CT molecular complexity index is 1080. The van der Waals surface area contributed by atoms with Gasteiger partial charge < -0.3 is 14.3 Å². The molecule has 10 heteroatoms. The van der Waals surface area contributed by atoms with Crippen LogP contribution in [0.2, 0.25) is 0 Å². The van der Waals surface area contributed by atoms with Crippen LogP contribution in [0.25, 0.3) is 22.3 Å². The van der Waals surface area contributed by atoms with Crippen LogP contribution in [0.5, 0.6) is 11.5 Å². The second-order valence-electron chi connectivity index (χ2n) is 5.79. The monoisotopic (exact) mass is 404 g/mol. The number of phenols is 1. The number of aromatic hydroxyl groups is 1. The third-order valence-electron chi connectivity index (χ3n) is 3.87. The maximum Gasteiger partial charge on any atom is 0.416 e. The van der Waals surface area contributed by atoms with Crippen molar-refractivity contribution in [2.45, 2.75) is 12.4 Å². The van der Waals surface area contributed by atoms with Gasteiger partial charge in [-0.25, -0.2) is 0 Å². The molecule has 0 aliphatic carbocycles. The van der Waals surface area contributed by atoms with Crippen molar-refractivity contribution in [3.8, 4) is 22.8 Å². The van der Waals surface area contributed by atoms with Crippen molar-refractivity contribution in [2.24, 2.45) is 0 Å². The molecule has 1 heterocycles. The summed E-state index contributed by atoms with van der Waals surface area (Å²) in [6.07, 6.45) is -10.1. The molecule has 28 heavy (non-hydrogen) atoms. The van der Waals surface area contributed by atoms with Gasteiger partial charge in [-0.05, 0) is 18.2 Å². The maximum atomic E-state index is 13.0. The van der Waals surface area contributed by atoms with E-state index < -0.39 is 40.2 Å². The van der Waals surface area contributed by atoms with Gasteiger partial charge in [-0.3, -0.25) is 4.79 Å². The number of benzene rings is 2. The normalized spacial score (nSPS) is 12.4. The highest BCUT2D eigenvalue weighted by atomic mass is 19.4. The number of halogens is 6. The summed E-state index contributed by atoms with van der Waals surface area (Å²) in [6.45, 7) is 0. The van der Waals surface area contributed by atoms with E-state index in [1.807, 2.05) is 0 Å². The van der Waals surface area contributed by atoms with Gasteiger partial charge >= 0.3 is 12.4 Å². The molecule has 0 unspecified atom stereocenters. The van der Waals surface area contributed by atoms with E-state index in [4.69, 9.17) is 9.15 Å². The molecule has 1 N–H and O–H groups in total. The molecule has 0 aliphatic rings. The average molecular weight is 404 g/mol. The Balaban J connectivity index is 2.32. The lowest BCUT2D eigenvalue weighted by Crippen LogP contribution is -2.11. The molecular formula is C18H10F6O4. The van der Waals surface area contributed by atoms with Crippen molar-refractivity contribution in [1.82, 2.24) is 0 Å². The van der Waals surface area contributed by atoms with Gasteiger partial charge in [0.15, 0.2) is 5.43 Å². The van der Waals surface area contributed by atoms with Gasteiger partial charge in [0.25, 0.3) is 0 Å². The summed E-state index contributed by atoms with van der Waals surface area (Å²) in [5.74, 6) is -0.957. The molecule has 0 amide bonds. The number of rotatable bonds is 2. The van der Waals surface area contributed by atoms with Gasteiger partial charge in [-0.15, -0.1) is 0 Å². The van der Waals surface area contributed by atoms with Crippen molar-refractivity contribution in [3.05, 3.63) is 57.7 Å². The minimum Gasteiger partial charge on any atom is -0.508 e. The molecule has 0 bridgehead atoms. The predicted octanol–water partition coefficient (Wildman–Crippen LogP) is 5.21. The van der Waals surface area contributed by atoms with Gasteiger partial charge in [0.05, 0.1) is 18.2 Å². The molecule has 0 radical (unpaired) electrons. The molecule has 0 atom stereocenters. The van der Waals surface area contributed by atoms with Crippen LogP contribution in [0, 0.1) is 0 Å². The van der Waals surface area contributed by atoms with E-state index in [0.29, 0.717) is 12.1 Å². The van der Waals surface area contributed by atoms with E-state index in [-0.39, 0.29) is 28.5 Å². The first-order valence-electron chi connectivity index (χ1n) is 7.55. The fourth-order valence-corrected chi connectivity index (χ4v) is 2.64. The van der Waals surface area contributed by atoms with Crippen molar-refractivity contribution in [2.75, 3.05) is 7.11 Å². The first-order valence-corrected chi connectivity index (χ1v) is 7.55. The number of methoxy groups -OCH3 is 1. The molecule has 2 aromatic carbocycles. The summed E-state index contributed by atoms with van der Waals surface area (Å²) in [5, 5.41) is 9.54. The van der Waals surface area contributed by atoms with Crippen LogP contribution in [-0.2, 0) is 12.4 Å². The summed E-state index contributed by atoms with van der Waals surface area (Å²) in [5.41, 5.74) is -4.71. The summed E-state index contributed by atoms with van der Waals surface area (Å²) in [6, 6.07) is 3.74. The van der Waals surface area contributed by atoms with E-state index in [2.05, 4.69) is 0 Å². The molecule has 0 fully saturated rings. The van der Waals surface area contributed by atoms with Crippen molar-refractivity contribution >= 4 is 11.0 Å². The Labute approximate surface area is 152 Å². The van der Waals surface area contributed by atoms with E-state index in [0.717, 1.165) is 18.2 Å². The molecule has 3 aromatic rings. The Morgan fingerprint density at radius 3 is 1.96 bits per heavy atom. The molecule has 1 aromatic heterocycles. The average Bonchev–Trinajstić information content (AvgIpc) is 2.58. The fourth-order valence-electron chi connectivity index (χ4n) is 2.64. The molecule has 4 nitrogen and oxygen atoms in total. The van der Waals surface area contributed by atoms with Gasteiger partial charge in [0.2, 0.25) is 0 Å². The zero-order chi connectivity index (χ0) is 20.9. The topological polar surface area (TPSA) is 59.7 Å². The largest absolute Gasteiger partial charge is 0.508 e. The van der Waals surface area contributed by atoms with Crippen LogP contribution in [0.15, 0.2) is 45.6 Å². The Kier molecular flexibility index (Phi) is 4.52. The smallest absolute Gasteiger partial charge is 0.416 e. The highest BCUT2D eigenvalue weighted by Gasteiger charge is 2.37. The lowest BCUT2D eigenvalue weighted by molar-refractivity contribution is -0.143. The van der Waals surface area contributed by atoms with Crippen LogP contribution < -0.4 is 10.2 Å². The predicted molar refractivity (Wildman–Crippen MR) is 86.1 cm³/mol. The number of phenolic OH excluding ortho intramolecular Hbond substituents is 1. The minimum absolute atomic E-state index is 0.0302. The lowest BCUT2D eigenvalue weighted by Gasteiger charge is -2.14. The van der Waals surface area contributed by atoms with Crippen LogP contribution in [0.4, 0.5) is 26.3 Å². The maximum absolute atomic E-state index is 13.0. The van der Waals surface area contributed by atoms with E-state index in [1.54, 1.807) is 0 Å². The highest BCUT2D eigenvalue weighted by molar-refractivity contribution is 5.86. The Morgan fingerprint density at radius 2 is 1.46 bits per heavy atom. The molecular weight excluding hydrogens is 394 g/mol. The molecule has 0 spiro atoms. The van der Waals surface area contributed by atoms with Gasteiger partial charge in [0, 0.05) is 23.8 Å². The first-order chi connectivity index (χ1) is 12.9. The number of hydrogen-bond donors (Lipinski definition) is 1. The summed E-state index contributed by atoms with van der Waals surface area (Å²) in [7, 11) is 1.21. The molecule has 0 saturated heterocycles. The Hall–Kier alpha value is -3.17. The van der Waals surface area contributed by atoms with Crippen LogP contribution >= 0.6 is 0 Å². The molecule has 0 saturated carbocycles. The summed E-state index contributed by atoms with van der Waals surface area (Å²) in [4.78, 5) is 12.4. The third-order valence-corrected chi connectivity index (χ3v) is 3.87. The third kappa shape index (κ3) is 3.62. The van der Waals surface area contributed by atoms with Crippen LogP contribution in [0.3, 0.4) is 0 Å². The minimum atomic E-state index is -5.05. The van der Waals surface area contributed by atoms with E-state index >= 15 is 0 Å². The van der Waals surface area contributed by atoms with Gasteiger partial charge in [-0.1, -0.05) is 0 Å². The van der Waals surface area contributed by atoms with Gasteiger partial charge in [0.1, 0.15) is 28.2 Å².